The van der Waals surface area contributed by atoms with Gasteiger partial charge in [0, 0.05) is 2.74 Å². The van der Waals surface area contributed by atoms with E-state index in [1.807, 2.05) is 0 Å². The van der Waals surface area contributed by atoms with E-state index < -0.39 is 17.2 Å². The number of allylic oxidation sites excluding steroid dienone is 6. The number of hydrogen-bond acceptors (Lipinski definition) is 2. The Morgan fingerprint density at radius 3 is 1.80 bits per heavy atom. The smallest absolute Gasteiger partial charge is 0.111 e. The van der Waals surface area contributed by atoms with Crippen molar-refractivity contribution < 1.29 is 13.0 Å². The Kier molecular flexibility index (Phi) is 3.10. The van der Waals surface area contributed by atoms with E-state index in [0.29, 0.717) is 12.8 Å². The maximum atomic E-state index is 9.62. The summed E-state index contributed by atoms with van der Waals surface area (Å²) >= 11 is 0. The van der Waals surface area contributed by atoms with Crippen molar-refractivity contribution in [2.45, 2.75) is 44.9 Å². The third-order valence-corrected chi connectivity index (χ3v) is 4.91. The molecule has 0 saturated heterocycles. The van der Waals surface area contributed by atoms with Crippen LogP contribution in [0.2, 0.25) is 0 Å². The van der Waals surface area contributed by atoms with Gasteiger partial charge in [-0.1, -0.05) is 31.4 Å². The Labute approximate surface area is 124 Å². The fourth-order valence-electron chi connectivity index (χ4n) is 3.79. The van der Waals surface area contributed by atoms with Crippen molar-refractivity contribution in [2.75, 3.05) is 0 Å². The summed E-state index contributed by atoms with van der Waals surface area (Å²) in [6, 6.07) is 0. The van der Waals surface area contributed by atoms with Crippen molar-refractivity contribution in [3.8, 4) is 0 Å². The molecule has 0 aromatic rings. The largest absolute Gasteiger partial charge is 0.508 e. The Bertz CT molecular complexity index is 526. The lowest BCUT2D eigenvalue weighted by molar-refractivity contribution is 0.0688. The van der Waals surface area contributed by atoms with Gasteiger partial charge < -0.3 is 10.2 Å². The van der Waals surface area contributed by atoms with Crippen LogP contribution in [-0.2, 0) is 0 Å². The van der Waals surface area contributed by atoms with E-state index in [0.717, 1.165) is 32.1 Å². The van der Waals surface area contributed by atoms with E-state index >= 15 is 0 Å². The molecule has 2 atom stereocenters. The van der Waals surface area contributed by atoms with Crippen molar-refractivity contribution in [3.05, 3.63) is 48.0 Å². The average molecular weight is 274 g/mol. The zero-order chi connectivity index (χ0) is 15.8. The highest BCUT2D eigenvalue weighted by Gasteiger charge is 2.43. The second-order valence-electron chi connectivity index (χ2n) is 6.03. The van der Waals surface area contributed by atoms with Crippen LogP contribution < -0.4 is 0 Å². The molecule has 0 spiro atoms. The highest BCUT2D eigenvalue weighted by molar-refractivity contribution is 5.24. The minimum atomic E-state index is -0.882. The number of aliphatic hydroxyl groups is 2. The van der Waals surface area contributed by atoms with Crippen LogP contribution in [-0.4, -0.2) is 10.2 Å². The lowest BCUT2D eigenvalue weighted by atomic mass is 9.56. The van der Waals surface area contributed by atoms with Gasteiger partial charge in [0.15, 0.2) is 0 Å². The molecule has 20 heavy (non-hydrogen) atoms. The molecule has 2 nitrogen and oxygen atoms in total. The van der Waals surface area contributed by atoms with E-state index in [4.69, 9.17) is 2.74 Å². The number of aliphatic hydroxyl groups excluding tert-OH is 2. The first-order chi connectivity index (χ1) is 10.4. The first-order valence-corrected chi connectivity index (χ1v) is 7.58. The van der Waals surface area contributed by atoms with Gasteiger partial charge in [-0.15, -0.1) is 0 Å². The van der Waals surface area contributed by atoms with Gasteiger partial charge in [0.25, 0.3) is 0 Å². The van der Waals surface area contributed by atoms with Crippen molar-refractivity contribution in [2.24, 2.45) is 17.2 Å². The van der Waals surface area contributed by atoms with Gasteiger partial charge >= 0.3 is 0 Å². The highest BCUT2D eigenvalue weighted by atomic mass is 16.3. The maximum absolute atomic E-state index is 9.62. The number of rotatable bonds is 2. The third kappa shape index (κ3) is 2.44. The summed E-state index contributed by atoms with van der Waals surface area (Å²) in [6.07, 6.45) is 16.0. The monoisotopic (exact) mass is 274 g/mol. The van der Waals surface area contributed by atoms with Crippen molar-refractivity contribution >= 4 is 0 Å². The van der Waals surface area contributed by atoms with Gasteiger partial charge in [0.1, 0.15) is 11.5 Å². The minimum Gasteiger partial charge on any atom is -0.508 e. The van der Waals surface area contributed by atoms with E-state index in [-0.39, 0.29) is 11.5 Å². The SMILES string of the molecule is [2H]C1(C2(C3([2H])C=CC(O)=CC3)CCCCC2)C=CC(O)=CC1. The molecule has 1 saturated carbocycles. The van der Waals surface area contributed by atoms with Crippen LogP contribution in [0.5, 0.6) is 0 Å². The van der Waals surface area contributed by atoms with Crippen molar-refractivity contribution in [1.82, 2.24) is 0 Å². The molecule has 3 aliphatic rings. The van der Waals surface area contributed by atoms with Gasteiger partial charge in [-0.05, 0) is 67.2 Å². The van der Waals surface area contributed by atoms with Crippen LogP contribution >= 0.6 is 0 Å². The van der Waals surface area contributed by atoms with Crippen molar-refractivity contribution in [3.63, 3.8) is 0 Å². The first kappa shape index (κ1) is 11.2. The van der Waals surface area contributed by atoms with Crippen LogP contribution in [0.25, 0.3) is 0 Å². The Morgan fingerprint density at radius 2 is 1.40 bits per heavy atom. The Hall–Kier alpha value is -1.44. The summed E-state index contributed by atoms with van der Waals surface area (Å²) in [5, 5.41) is 19.2. The molecule has 0 aromatic carbocycles. The van der Waals surface area contributed by atoms with Crippen LogP contribution in [0.1, 0.15) is 47.7 Å². The molecule has 0 heterocycles. The van der Waals surface area contributed by atoms with Crippen LogP contribution in [0.15, 0.2) is 48.0 Å². The van der Waals surface area contributed by atoms with Crippen LogP contribution in [0.4, 0.5) is 0 Å². The molecule has 3 aliphatic carbocycles. The first-order valence-electron chi connectivity index (χ1n) is 8.58. The molecule has 0 aromatic heterocycles. The summed E-state index contributed by atoms with van der Waals surface area (Å²) in [5.41, 5.74) is -0.486. The van der Waals surface area contributed by atoms with Gasteiger partial charge in [0.2, 0.25) is 0 Å². The van der Waals surface area contributed by atoms with E-state index in [9.17, 15) is 10.2 Å². The molecular weight excluding hydrogens is 248 g/mol. The molecule has 1 fully saturated rings. The molecular formula is C18H24O2. The standard InChI is InChI=1S/C18H24O2/c19-16-8-4-14(5-9-16)18(12-2-1-3-13-18)15-6-10-17(20)11-7-15/h4,6,8-11,14-15,19-20H,1-3,5,7,12-13H2/i14D,15D. The summed E-state index contributed by atoms with van der Waals surface area (Å²) in [5.74, 6) is -1.34. The van der Waals surface area contributed by atoms with Gasteiger partial charge in [-0.3, -0.25) is 0 Å². The fraction of sp³-hybridized carbons (Fsp3) is 0.556. The normalized spacial score (nSPS) is 41.4. The molecule has 2 heteroatoms. The molecule has 3 rings (SSSR count). The predicted molar refractivity (Wildman–Crippen MR) is 81.4 cm³/mol. The molecule has 0 radical (unpaired) electrons. The topological polar surface area (TPSA) is 40.5 Å². The van der Waals surface area contributed by atoms with E-state index in [1.54, 1.807) is 36.5 Å². The van der Waals surface area contributed by atoms with Gasteiger partial charge in [-0.2, -0.15) is 0 Å². The van der Waals surface area contributed by atoms with Gasteiger partial charge in [0.05, 0.1) is 0 Å². The Balaban J connectivity index is 2.03. The summed E-state index contributed by atoms with van der Waals surface area (Å²) in [4.78, 5) is 0. The number of hydrogen-bond donors (Lipinski definition) is 2. The minimum absolute atomic E-state index is 0.213. The molecule has 2 unspecified atom stereocenters. The van der Waals surface area contributed by atoms with E-state index in [2.05, 4.69) is 0 Å². The summed E-state index contributed by atoms with van der Waals surface area (Å²) < 4.78 is 18.2. The molecule has 0 amide bonds. The van der Waals surface area contributed by atoms with Crippen molar-refractivity contribution in [1.29, 1.82) is 0 Å². The Morgan fingerprint density at radius 1 is 0.900 bits per heavy atom. The summed E-state index contributed by atoms with van der Waals surface area (Å²) in [6.45, 7) is 0. The lowest BCUT2D eigenvalue weighted by Gasteiger charge is -2.48. The summed E-state index contributed by atoms with van der Waals surface area (Å²) in [7, 11) is 0. The molecule has 108 valence electrons. The zero-order valence-corrected chi connectivity index (χ0v) is 11.8. The lowest BCUT2D eigenvalue weighted by Crippen LogP contribution is -2.39. The quantitative estimate of drug-likeness (QED) is 0.746. The molecule has 0 bridgehead atoms. The van der Waals surface area contributed by atoms with Crippen LogP contribution in [0.3, 0.4) is 0 Å². The van der Waals surface area contributed by atoms with Gasteiger partial charge in [-0.25, -0.2) is 0 Å². The predicted octanol–water partition coefficient (Wildman–Crippen LogP) is 4.97. The van der Waals surface area contributed by atoms with Crippen LogP contribution in [0, 0.1) is 17.2 Å². The molecule has 2 N–H and O–H groups in total. The maximum Gasteiger partial charge on any atom is 0.111 e. The third-order valence-electron chi connectivity index (χ3n) is 4.91. The second kappa shape index (κ2) is 5.51. The molecule has 0 aliphatic heterocycles. The average Bonchev–Trinajstić information content (AvgIpc) is 2.54. The zero-order valence-electron chi connectivity index (χ0n) is 13.8. The fourth-order valence-corrected chi connectivity index (χ4v) is 3.79. The second-order valence-corrected chi connectivity index (χ2v) is 6.03. The van der Waals surface area contributed by atoms with E-state index in [1.165, 1.54) is 0 Å². The highest BCUT2D eigenvalue weighted by Crippen LogP contribution is 2.53.